The van der Waals surface area contributed by atoms with Crippen molar-refractivity contribution in [1.29, 1.82) is 0 Å². The molecule has 0 saturated carbocycles. The van der Waals surface area contributed by atoms with Gasteiger partial charge in [0.25, 0.3) is 0 Å². The van der Waals surface area contributed by atoms with Crippen molar-refractivity contribution < 1.29 is 22.7 Å². The lowest BCUT2D eigenvalue weighted by Crippen LogP contribution is -2.30. The van der Waals surface area contributed by atoms with Crippen LogP contribution in [0.5, 0.6) is 5.75 Å². The van der Waals surface area contributed by atoms with Crippen molar-refractivity contribution in [3.8, 4) is 5.75 Å². The fourth-order valence-electron chi connectivity index (χ4n) is 1.39. The van der Waals surface area contributed by atoms with Crippen LogP contribution < -0.4 is 15.2 Å². The van der Waals surface area contributed by atoms with Gasteiger partial charge in [-0.05, 0) is 18.2 Å². The van der Waals surface area contributed by atoms with E-state index in [9.17, 15) is 13.2 Å². The predicted octanol–water partition coefficient (Wildman–Crippen LogP) is -0.130. The van der Waals surface area contributed by atoms with E-state index >= 15 is 0 Å². The Morgan fingerprint density at radius 1 is 1.37 bits per heavy atom. The fourth-order valence-corrected chi connectivity index (χ4v) is 2.30. The molecule has 0 aromatic heterocycles. The lowest BCUT2D eigenvalue weighted by molar-refractivity contribution is -0.137. The lowest BCUT2D eigenvalue weighted by Gasteiger charge is -2.10. The van der Waals surface area contributed by atoms with E-state index < -0.39 is 21.7 Å². The summed E-state index contributed by atoms with van der Waals surface area (Å²) in [5, 5.41) is 0. The average molecular weight is 288 g/mol. The molecule has 0 spiro atoms. The van der Waals surface area contributed by atoms with Crippen LogP contribution in [0.4, 0.5) is 5.69 Å². The Hall–Kier alpha value is -1.80. The van der Waals surface area contributed by atoms with E-state index in [1.165, 1.54) is 7.11 Å². The molecule has 0 atom stereocenters. The van der Waals surface area contributed by atoms with Gasteiger partial charge in [0.15, 0.2) is 5.75 Å². The highest BCUT2D eigenvalue weighted by atomic mass is 32.2. The molecule has 0 saturated heterocycles. The van der Waals surface area contributed by atoms with Crippen LogP contribution in [0.15, 0.2) is 18.2 Å². The third kappa shape index (κ3) is 4.76. The van der Waals surface area contributed by atoms with Crippen LogP contribution in [0, 0.1) is 0 Å². The van der Waals surface area contributed by atoms with Gasteiger partial charge in [-0.2, -0.15) is 0 Å². The second-order valence-corrected chi connectivity index (χ2v) is 5.53. The van der Waals surface area contributed by atoms with E-state index in [-0.39, 0.29) is 6.54 Å². The van der Waals surface area contributed by atoms with Crippen molar-refractivity contribution in [3.05, 3.63) is 23.8 Å². The van der Waals surface area contributed by atoms with Crippen LogP contribution in [0.2, 0.25) is 0 Å². The third-order valence-electron chi connectivity index (χ3n) is 2.32. The monoisotopic (exact) mass is 288 g/mol. The topological polar surface area (TPSA) is 108 Å². The van der Waals surface area contributed by atoms with Crippen molar-refractivity contribution in [1.82, 2.24) is 4.72 Å². The van der Waals surface area contributed by atoms with Crippen LogP contribution in [-0.2, 0) is 26.1 Å². The molecule has 8 heteroatoms. The zero-order valence-electron chi connectivity index (χ0n) is 10.7. The number of nitrogens with one attached hydrogen (secondary N) is 1. The van der Waals surface area contributed by atoms with E-state index in [4.69, 9.17) is 10.5 Å². The molecule has 3 N–H and O–H groups in total. The summed E-state index contributed by atoms with van der Waals surface area (Å²) in [5.41, 5.74) is 6.69. The number of methoxy groups -OCH3 is 2. The van der Waals surface area contributed by atoms with Crippen molar-refractivity contribution in [3.63, 3.8) is 0 Å². The van der Waals surface area contributed by atoms with Gasteiger partial charge in [-0.25, -0.2) is 13.1 Å². The van der Waals surface area contributed by atoms with Gasteiger partial charge in [0, 0.05) is 17.8 Å². The lowest BCUT2D eigenvalue weighted by atomic mass is 10.2. The molecule has 1 aromatic rings. The summed E-state index contributed by atoms with van der Waals surface area (Å²) in [4.78, 5) is 10.9. The van der Waals surface area contributed by atoms with Gasteiger partial charge < -0.3 is 15.2 Å². The highest BCUT2D eigenvalue weighted by Crippen LogP contribution is 2.20. The summed E-state index contributed by atoms with van der Waals surface area (Å²) in [6.45, 7) is -0.0203. The Balaban J connectivity index is 2.76. The zero-order valence-corrected chi connectivity index (χ0v) is 11.5. The number of esters is 1. The summed E-state index contributed by atoms with van der Waals surface area (Å²) in [6.07, 6.45) is 0. The minimum absolute atomic E-state index is 0.0203. The maximum absolute atomic E-state index is 11.6. The SMILES string of the molecule is COC(=O)CS(=O)(=O)NCc1cc(N)ccc1OC. The second-order valence-electron chi connectivity index (χ2n) is 3.73. The molecule has 0 heterocycles. The highest BCUT2D eigenvalue weighted by molar-refractivity contribution is 7.90. The molecule has 0 aliphatic carbocycles. The Morgan fingerprint density at radius 3 is 2.63 bits per heavy atom. The number of rotatable bonds is 6. The maximum atomic E-state index is 11.6. The molecular formula is C11H16N2O5S. The van der Waals surface area contributed by atoms with Crippen molar-refractivity contribution in [2.75, 3.05) is 25.7 Å². The number of sulfonamides is 1. The zero-order chi connectivity index (χ0) is 14.5. The van der Waals surface area contributed by atoms with E-state index in [1.54, 1.807) is 18.2 Å². The van der Waals surface area contributed by atoms with Gasteiger partial charge >= 0.3 is 5.97 Å². The first kappa shape index (κ1) is 15.3. The minimum Gasteiger partial charge on any atom is -0.496 e. The number of ether oxygens (including phenoxy) is 2. The summed E-state index contributed by atoms with van der Waals surface area (Å²) in [5.74, 6) is -1.05. The number of anilines is 1. The molecule has 1 rings (SSSR count). The number of benzene rings is 1. The summed E-state index contributed by atoms with van der Waals surface area (Å²) in [6, 6.07) is 4.88. The molecular weight excluding hydrogens is 272 g/mol. The van der Waals surface area contributed by atoms with Crippen LogP contribution in [0.1, 0.15) is 5.56 Å². The molecule has 0 amide bonds. The number of carbonyl (C=O) groups is 1. The Bertz CT molecular complexity index is 556. The van der Waals surface area contributed by atoms with E-state index in [0.29, 0.717) is 17.0 Å². The Labute approximate surface area is 111 Å². The van der Waals surface area contributed by atoms with Crippen LogP contribution in [0.3, 0.4) is 0 Å². The molecule has 1 aromatic carbocycles. The van der Waals surface area contributed by atoms with Crippen LogP contribution in [-0.4, -0.2) is 34.4 Å². The predicted molar refractivity (Wildman–Crippen MR) is 70.0 cm³/mol. The standard InChI is InChI=1S/C11H16N2O5S/c1-17-10-4-3-9(12)5-8(10)6-13-19(15,16)7-11(14)18-2/h3-5,13H,6-7,12H2,1-2H3. The molecule has 7 nitrogen and oxygen atoms in total. The molecule has 0 unspecified atom stereocenters. The molecule has 0 aliphatic rings. The summed E-state index contributed by atoms with van der Waals surface area (Å²) < 4.78 is 34.8. The maximum Gasteiger partial charge on any atom is 0.322 e. The van der Waals surface area contributed by atoms with E-state index in [0.717, 1.165) is 7.11 Å². The van der Waals surface area contributed by atoms with Gasteiger partial charge in [0.05, 0.1) is 14.2 Å². The first-order chi connectivity index (χ1) is 8.88. The number of carbonyl (C=O) groups excluding carboxylic acids is 1. The van der Waals surface area contributed by atoms with Crippen LogP contribution in [0.25, 0.3) is 0 Å². The first-order valence-electron chi connectivity index (χ1n) is 5.34. The molecule has 0 radical (unpaired) electrons. The van der Waals surface area contributed by atoms with Gasteiger partial charge in [-0.15, -0.1) is 0 Å². The van der Waals surface area contributed by atoms with E-state index in [1.807, 2.05) is 0 Å². The number of nitrogens with two attached hydrogens (primary N) is 1. The molecule has 106 valence electrons. The third-order valence-corrected chi connectivity index (χ3v) is 3.52. The highest BCUT2D eigenvalue weighted by Gasteiger charge is 2.17. The Morgan fingerprint density at radius 2 is 2.05 bits per heavy atom. The minimum atomic E-state index is -3.75. The smallest absolute Gasteiger partial charge is 0.322 e. The number of hydrogen-bond acceptors (Lipinski definition) is 6. The van der Waals surface area contributed by atoms with Gasteiger partial charge in [0.2, 0.25) is 10.0 Å². The van der Waals surface area contributed by atoms with Crippen LogP contribution >= 0.6 is 0 Å². The van der Waals surface area contributed by atoms with Gasteiger partial charge in [-0.3, -0.25) is 4.79 Å². The number of nitrogen functional groups attached to an aromatic ring is 1. The quantitative estimate of drug-likeness (QED) is 0.557. The van der Waals surface area contributed by atoms with Crippen molar-refractivity contribution >= 4 is 21.7 Å². The number of hydrogen-bond donors (Lipinski definition) is 2. The molecule has 19 heavy (non-hydrogen) atoms. The molecule has 0 aliphatic heterocycles. The fraction of sp³-hybridized carbons (Fsp3) is 0.364. The molecule has 0 fully saturated rings. The second kappa shape index (κ2) is 6.39. The van der Waals surface area contributed by atoms with Crippen molar-refractivity contribution in [2.24, 2.45) is 0 Å². The first-order valence-corrected chi connectivity index (χ1v) is 6.99. The van der Waals surface area contributed by atoms with Crippen molar-refractivity contribution in [2.45, 2.75) is 6.54 Å². The van der Waals surface area contributed by atoms with E-state index in [2.05, 4.69) is 9.46 Å². The normalized spacial score (nSPS) is 11.1. The average Bonchev–Trinajstić information content (AvgIpc) is 2.36. The van der Waals surface area contributed by atoms with Gasteiger partial charge in [-0.1, -0.05) is 0 Å². The Kier molecular flexibility index (Phi) is 5.13. The van der Waals surface area contributed by atoms with Gasteiger partial charge in [0.1, 0.15) is 5.75 Å². The molecule has 0 bridgehead atoms. The summed E-state index contributed by atoms with van der Waals surface area (Å²) >= 11 is 0. The largest absolute Gasteiger partial charge is 0.496 e. The summed E-state index contributed by atoms with van der Waals surface area (Å²) in [7, 11) is -1.16.